The molecule has 0 spiro atoms. The predicted molar refractivity (Wildman–Crippen MR) is 72.9 cm³/mol. The smallest absolute Gasteiger partial charge is 0.152 e. The molecule has 1 N–H and O–H groups in total. The van der Waals surface area contributed by atoms with E-state index in [0.717, 1.165) is 22.9 Å². The molecule has 96 valence electrons. The van der Waals surface area contributed by atoms with Crippen LogP contribution in [-0.2, 0) is 0 Å². The highest BCUT2D eigenvalue weighted by Gasteiger charge is 2.26. The molecule has 0 bridgehead atoms. The molecule has 4 heteroatoms. The Hall–Kier alpha value is -1.58. The molecule has 2 aromatic heterocycles. The van der Waals surface area contributed by atoms with Crippen molar-refractivity contribution in [2.75, 3.05) is 5.32 Å². The predicted octanol–water partition coefficient (Wildman–Crippen LogP) is 3.06. The molecule has 18 heavy (non-hydrogen) atoms. The number of nitrogens with zero attached hydrogens (tertiary/aromatic N) is 3. The summed E-state index contributed by atoms with van der Waals surface area (Å²) < 4.78 is 1.92. The van der Waals surface area contributed by atoms with Crippen LogP contribution in [0.3, 0.4) is 0 Å². The summed E-state index contributed by atoms with van der Waals surface area (Å²) in [6.45, 7) is 6.62. The number of nitrogens with one attached hydrogen (secondary N) is 1. The summed E-state index contributed by atoms with van der Waals surface area (Å²) in [6.07, 6.45) is 6.21. The Morgan fingerprint density at radius 1 is 1.39 bits per heavy atom. The molecule has 3 rings (SSSR count). The molecule has 0 aliphatic heterocycles. The molecule has 0 saturated heterocycles. The van der Waals surface area contributed by atoms with Crippen LogP contribution < -0.4 is 5.32 Å². The molecule has 1 aliphatic carbocycles. The van der Waals surface area contributed by atoms with Gasteiger partial charge in [-0.15, -0.1) is 0 Å². The zero-order valence-electron chi connectivity index (χ0n) is 11.2. The summed E-state index contributed by atoms with van der Waals surface area (Å²) in [5.74, 6) is 2.26. The minimum absolute atomic E-state index is 0.446. The van der Waals surface area contributed by atoms with E-state index in [1.807, 2.05) is 16.9 Å². The van der Waals surface area contributed by atoms with E-state index < -0.39 is 0 Å². The highest BCUT2D eigenvalue weighted by Crippen LogP contribution is 2.30. The van der Waals surface area contributed by atoms with Crippen LogP contribution in [0.15, 0.2) is 18.5 Å². The van der Waals surface area contributed by atoms with E-state index in [4.69, 9.17) is 0 Å². The first-order valence-corrected chi connectivity index (χ1v) is 6.74. The van der Waals surface area contributed by atoms with Crippen molar-refractivity contribution in [3.8, 4) is 0 Å². The van der Waals surface area contributed by atoms with Gasteiger partial charge in [-0.1, -0.05) is 20.8 Å². The third-order valence-corrected chi connectivity index (χ3v) is 3.71. The van der Waals surface area contributed by atoms with Crippen molar-refractivity contribution in [1.29, 1.82) is 0 Å². The number of aromatic nitrogens is 3. The Kier molecular flexibility index (Phi) is 2.73. The van der Waals surface area contributed by atoms with E-state index in [1.165, 1.54) is 12.8 Å². The van der Waals surface area contributed by atoms with Gasteiger partial charge in [0, 0.05) is 18.4 Å². The van der Waals surface area contributed by atoms with Gasteiger partial charge in [0.2, 0.25) is 0 Å². The molecule has 4 nitrogen and oxygen atoms in total. The molecule has 0 aromatic carbocycles. The fourth-order valence-electron chi connectivity index (χ4n) is 2.55. The summed E-state index contributed by atoms with van der Waals surface area (Å²) >= 11 is 0. The Morgan fingerprint density at radius 2 is 2.17 bits per heavy atom. The van der Waals surface area contributed by atoms with Gasteiger partial charge < -0.3 is 5.32 Å². The fourth-order valence-corrected chi connectivity index (χ4v) is 2.55. The third-order valence-electron chi connectivity index (χ3n) is 3.71. The summed E-state index contributed by atoms with van der Waals surface area (Å²) in [7, 11) is 0. The second-order valence-corrected chi connectivity index (χ2v) is 5.75. The van der Waals surface area contributed by atoms with Gasteiger partial charge in [0.15, 0.2) is 5.82 Å². The highest BCUT2D eigenvalue weighted by atomic mass is 15.2. The normalized spacial score (nSPS) is 23.3. The Bertz CT molecular complexity index is 552. The second-order valence-electron chi connectivity index (χ2n) is 5.75. The molecule has 0 unspecified atom stereocenters. The molecule has 0 atom stereocenters. The van der Waals surface area contributed by atoms with Gasteiger partial charge in [-0.05, 0) is 30.7 Å². The van der Waals surface area contributed by atoms with Gasteiger partial charge >= 0.3 is 0 Å². The van der Waals surface area contributed by atoms with Crippen molar-refractivity contribution >= 4 is 11.3 Å². The van der Waals surface area contributed by atoms with Crippen molar-refractivity contribution in [3.05, 3.63) is 24.2 Å². The SMILES string of the molecule is CC1CC(Nc2nccn3nc(C(C)C)cc23)C1. The van der Waals surface area contributed by atoms with Crippen molar-refractivity contribution in [2.45, 2.75) is 45.6 Å². The van der Waals surface area contributed by atoms with Crippen LogP contribution in [0.1, 0.15) is 45.2 Å². The number of anilines is 1. The Morgan fingerprint density at radius 3 is 2.83 bits per heavy atom. The molecular weight excluding hydrogens is 224 g/mol. The molecular formula is C14H20N4. The lowest BCUT2D eigenvalue weighted by atomic mass is 9.82. The molecule has 1 saturated carbocycles. The molecule has 0 amide bonds. The van der Waals surface area contributed by atoms with E-state index in [2.05, 4.69) is 42.2 Å². The van der Waals surface area contributed by atoms with Crippen LogP contribution in [-0.4, -0.2) is 20.6 Å². The van der Waals surface area contributed by atoms with E-state index in [-0.39, 0.29) is 0 Å². The fraction of sp³-hybridized carbons (Fsp3) is 0.571. The van der Waals surface area contributed by atoms with Crippen LogP contribution in [0, 0.1) is 5.92 Å². The first kappa shape index (κ1) is 11.5. The van der Waals surface area contributed by atoms with Crippen LogP contribution in [0.25, 0.3) is 5.52 Å². The molecule has 1 aliphatic rings. The van der Waals surface area contributed by atoms with E-state index >= 15 is 0 Å². The maximum absolute atomic E-state index is 4.58. The molecule has 1 fully saturated rings. The van der Waals surface area contributed by atoms with E-state index in [1.54, 1.807) is 0 Å². The van der Waals surface area contributed by atoms with Gasteiger partial charge in [0.25, 0.3) is 0 Å². The first-order chi connectivity index (χ1) is 8.63. The zero-order valence-corrected chi connectivity index (χ0v) is 11.2. The lowest BCUT2D eigenvalue weighted by Crippen LogP contribution is -2.34. The minimum atomic E-state index is 0.446. The average molecular weight is 244 g/mol. The van der Waals surface area contributed by atoms with Gasteiger partial charge in [-0.25, -0.2) is 9.50 Å². The number of hydrogen-bond acceptors (Lipinski definition) is 3. The monoisotopic (exact) mass is 244 g/mol. The summed E-state index contributed by atoms with van der Waals surface area (Å²) in [5, 5.41) is 8.11. The summed E-state index contributed by atoms with van der Waals surface area (Å²) in [5.41, 5.74) is 2.20. The number of hydrogen-bond donors (Lipinski definition) is 1. The van der Waals surface area contributed by atoms with Crippen LogP contribution >= 0.6 is 0 Å². The Labute approximate surface area is 107 Å². The average Bonchev–Trinajstić information content (AvgIpc) is 2.72. The number of rotatable bonds is 3. The van der Waals surface area contributed by atoms with E-state index in [9.17, 15) is 0 Å². The summed E-state index contributed by atoms with van der Waals surface area (Å²) in [6, 6.07) is 2.72. The van der Waals surface area contributed by atoms with Crippen molar-refractivity contribution in [3.63, 3.8) is 0 Å². The third kappa shape index (κ3) is 1.96. The lowest BCUT2D eigenvalue weighted by Gasteiger charge is -2.33. The topological polar surface area (TPSA) is 42.2 Å². The Balaban J connectivity index is 1.91. The van der Waals surface area contributed by atoms with E-state index in [0.29, 0.717) is 12.0 Å². The highest BCUT2D eigenvalue weighted by molar-refractivity contribution is 5.68. The van der Waals surface area contributed by atoms with Gasteiger partial charge in [0.05, 0.1) is 5.69 Å². The van der Waals surface area contributed by atoms with Crippen LogP contribution in [0.2, 0.25) is 0 Å². The molecule has 2 aromatic rings. The van der Waals surface area contributed by atoms with Crippen molar-refractivity contribution < 1.29 is 0 Å². The largest absolute Gasteiger partial charge is 0.366 e. The standard InChI is InChI=1S/C14H20N4/c1-9(2)12-8-13-14(15-4-5-18(13)17-12)16-11-6-10(3)7-11/h4-5,8-11H,6-7H2,1-3H3,(H,15,16). The molecule has 0 radical (unpaired) electrons. The van der Waals surface area contributed by atoms with Gasteiger partial charge in [-0.3, -0.25) is 0 Å². The van der Waals surface area contributed by atoms with Crippen molar-refractivity contribution in [1.82, 2.24) is 14.6 Å². The summed E-state index contributed by atoms with van der Waals surface area (Å²) in [4.78, 5) is 4.45. The maximum Gasteiger partial charge on any atom is 0.152 e. The zero-order chi connectivity index (χ0) is 12.7. The minimum Gasteiger partial charge on any atom is -0.366 e. The lowest BCUT2D eigenvalue weighted by molar-refractivity contribution is 0.308. The second kappa shape index (κ2) is 4.26. The quantitative estimate of drug-likeness (QED) is 0.902. The van der Waals surface area contributed by atoms with Gasteiger partial charge in [-0.2, -0.15) is 5.10 Å². The van der Waals surface area contributed by atoms with Crippen LogP contribution in [0.5, 0.6) is 0 Å². The van der Waals surface area contributed by atoms with Crippen molar-refractivity contribution in [2.24, 2.45) is 5.92 Å². The van der Waals surface area contributed by atoms with Gasteiger partial charge in [0.1, 0.15) is 5.52 Å². The maximum atomic E-state index is 4.58. The van der Waals surface area contributed by atoms with Crippen LogP contribution in [0.4, 0.5) is 5.82 Å². The first-order valence-electron chi connectivity index (χ1n) is 6.74. The number of fused-ring (bicyclic) bond motifs is 1. The molecule has 2 heterocycles.